The molecular formula is C16H13F3N6S. The molecule has 3 rings (SSSR count). The van der Waals surface area contributed by atoms with E-state index >= 15 is 0 Å². The van der Waals surface area contributed by atoms with Gasteiger partial charge in [-0.2, -0.15) is 13.2 Å². The Morgan fingerprint density at radius 2 is 1.81 bits per heavy atom. The van der Waals surface area contributed by atoms with Crippen LogP contribution in [0.4, 0.5) is 13.2 Å². The number of hydrogen-bond acceptors (Lipinski definition) is 6. The SMILES string of the molecule is C=C(C)Cn1c(Sc2ccc(C(F)(F)F)nn2)nnc1-c1ccncc1. The molecule has 3 aromatic heterocycles. The lowest BCUT2D eigenvalue weighted by atomic mass is 10.2. The molecule has 26 heavy (non-hydrogen) atoms. The molecule has 3 aromatic rings. The number of hydrogen-bond donors (Lipinski definition) is 0. The summed E-state index contributed by atoms with van der Waals surface area (Å²) in [7, 11) is 0. The molecule has 0 atom stereocenters. The predicted molar refractivity (Wildman–Crippen MR) is 89.2 cm³/mol. The molecule has 0 aliphatic rings. The monoisotopic (exact) mass is 378 g/mol. The lowest BCUT2D eigenvalue weighted by molar-refractivity contribution is -0.141. The zero-order valence-corrected chi connectivity index (χ0v) is 14.4. The average Bonchev–Trinajstić information content (AvgIpc) is 2.97. The molecule has 0 aliphatic heterocycles. The zero-order valence-electron chi connectivity index (χ0n) is 13.6. The molecule has 0 N–H and O–H groups in total. The van der Waals surface area contributed by atoms with E-state index in [9.17, 15) is 13.2 Å². The number of rotatable bonds is 5. The number of alkyl halides is 3. The third-order valence-corrected chi connectivity index (χ3v) is 4.12. The molecule has 0 fully saturated rings. The van der Waals surface area contributed by atoms with E-state index in [1.165, 1.54) is 6.07 Å². The van der Waals surface area contributed by atoms with Crippen LogP contribution >= 0.6 is 11.8 Å². The van der Waals surface area contributed by atoms with Gasteiger partial charge in [-0.3, -0.25) is 9.55 Å². The van der Waals surface area contributed by atoms with E-state index in [-0.39, 0.29) is 5.03 Å². The summed E-state index contributed by atoms with van der Waals surface area (Å²) in [6, 6.07) is 5.74. The van der Waals surface area contributed by atoms with Gasteiger partial charge in [-0.1, -0.05) is 12.2 Å². The van der Waals surface area contributed by atoms with Crippen LogP contribution in [0.2, 0.25) is 0 Å². The van der Waals surface area contributed by atoms with Crippen molar-refractivity contribution in [2.24, 2.45) is 0 Å². The quantitative estimate of drug-likeness (QED) is 0.628. The summed E-state index contributed by atoms with van der Waals surface area (Å²) in [5.41, 5.74) is 0.655. The van der Waals surface area contributed by atoms with Crippen molar-refractivity contribution in [3.63, 3.8) is 0 Å². The van der Waals surface area contributed by atoms with Crippen LogP contribution in [0.1, 0.15) is 12.6 Å². The predicted octanol–water partition coefficient (Wildman–Crippen LogP) is 3.88. The fourth-order valence-electron chi connectivity index (χ4n) is 2.11. The molecule has 3 heterocycles. The molecule has 0 spiro atoms. The number of nitrogens with zero attached hydrogens (tertiary/aromatic N) is 6. The second-order valence-electron chi connectivity index (χ2n) is 5.44. The normalized spacial score (nSPS) is 11.5. The van der Waals surface area contributed by atoms with E-state index in [2.05, 4.69) is 32.0 Å². The van der Waals surface area contributed by atoms with Crippen LogP contribution in [0.3, 0.4) is 0 Å². The molecule has 0 saturated carbocycles. The molecule has 0 aromatic carbocycles. The van der Waals surface area contributed by atoms with Gasteiger partial charge < -0.3 is 0 Å². The summed E-state index contributed by atoms with van der Waals surface area (Å²) in [6.07, 6.45) is -1.24. The fraction of sp³-hybridized carbons (Fsp3) is 0.188. The maximum absolute atomic E-state index is 12.6. The Bertz CT molecular complexity index is 906. The Morgan fingerprint density at radius 3 is 2.38 bits per heavy atom. The minimum absolute atomic E-state index is 0.287. The lowest BCUT2D eigenvalue weighted by Crippen LogP contribution is -2.09. The van der Waals surface area contributed by atoms with Crippen LogP contribution in [0.25, 0.3) is 11.4 Å². The third-order valence-electron chi connectivity index (χ3n) is 3.21. The fourth-order valence-corrected chi connectivity index (χ4v) is 2.86. The molecule has 134 valence electrons. The van der Waals surface area contributed by atoms with E-state index < -0.39 is 11.9 Å². The smallest absolute Gasteiger partial charge is 0.298 e. The van der Waals surface area contributed by atoms with Crippen molar-refractivity contribution in [3.8, 4) is 11.4 Å². The van der Waals surface area contributed by atoms with Gasteiger partial charge in [0.2, 0.25) is 0 Å². The van der Waals surface area contributed by atoms with Gasteiger partial charge in [0.05, 0.1) is 0 Å². The molecule has 0 saturated heterocycles. The number of halogens is 3. The topological polar surface area (TPSA) is 69.4 Å². The van der Waals surface area contributed by atoms with E-state index in [1.807, 2.05) is 11.5 Å². The number of allylic oxidation sites excluding steroid dienone is 1. The van der Waals surface area contributed by atoms with Crippen molar-refractivity contribution in [1.29, 1.82) is 0 Å². The van der Waals surface area contributed by atoms with Crippen LogP contribution in [0.15, 0.2) is 59.0 Å². The van der Waals surface area contributed by atoms with Gasteiger partial charge in [0.15, 0.2) is 16.7 Å². The van der Waals surface area contributed by atoms with Gasteiger partial charge >= 0.3 is 6.18 Å². The Kier molecular flexibility index (Phi) is 5.03. The second kappa shape index (κ2) is 7.24. The first-order valence-electron chi connectivity index (χ1n) is 7.41. The van der Waals surface area contributed by atoms with Crippen LogP contribution in [-0.2, 0) is 12.7 Å². The Morgan fingerprint density at radius 1 is 1.08 bits per heavy atom. The van der Waals surface area contributed by atoms with Gasteiger partial charge in [0.1, 0.15) is 5.03 Å². The maximum Gasteiger partial charge on any atom is 0.435 e. The largest absolute Gasteiger partial charge is 0.435 e. The second-order valence-corrected chi connectivity index (χ2v) is 6.43. The van der Waals surface area contributed by atoms with E-state index in [4.69, 9.17) is 0 Å². The number of aromatic nitrogens is 6. The van der Waals surface area contributed by atoms with Crippen LogP contribution in [-0.4, -0.2) is 29.9 Å². The molecule has 0 amide bonds. The minimum atomic E-state index is -4.52. The Labute approximate surface area is 151 Å². The van der Waals surface area contributed by atoms with E-state index in [0.29, 0.717) is 17.5 Å². The molecule has 6 nitrogen and oxygen atoms in total. The summed E-state index contributed by atoms with van der Waals surface area (Å²) >= 11 is 1.08. The van der Waals surface area contributed by atoms with Crippen molar-refractivity contribution in [2.75, 3.05) is 0 Å². The van der Waals surface area contributed by atoms with Gasteiger partial charge in [-0.15, -0.1) is 20.4 Å². The highest BCUT2D eigenvalue weighted by atomic mass is 32.2. The average molecular weight is 378 g/mol. The first kappa shape index (κ1) is 18.1. The number of pyridine rings is 1. The highest BCUT2D eigenvalue weighted by Crippen LogP contribution is 2.31. The Hall–Kier alpha value is -2.75. The van der Waals surface area contributed by atoms with Gasteiger partial charge in [-0.05, 0) is 43.0 Å². The van der Waals surface area contributed by atoms with Crippen molar-refractivity contribution in [2.45, 2.75) is 29.8 Å². The molecular weight excluding hydrogens is 365 g/mol. The first-order valence-corrected chi connectivity index (χ1v) is 8.23. The first-order chi connectivity index (χ1) is 12.3. The molecule has 0 radical (unpaired) electrons. The van der Waals surface area contributed by atoms with Gasteiger partial charge in [0, 0.05) is 24.5 Å². The zero-order chi connectivity index (χ0) is 18.7. The van der Waals surface area contributed by atoms with Crippen molar-refractivity contribution in [3.05, 3.63) is 54.5 Å². The van der Waals surface area contributed by atoms with Gasteiger partial charge in [-0.25, -0.2) is 0 Å². The highest BCUT2D eigenvalue weighted by Gasteiger charge is 2.33. The van der Waals surface area contributed by atoms with Crippen molar-refractivity contribution in [1.82, 2.24) is 29.9 Å². The van der Waals surface area contributed by atoms with Gasteiger partial charge in [0.25, 0.3) is 0 Å². The summed E-state index contributed by atoms with van der Waals surface area (Å²) < 4.78 is 39.6. The lowest BCUT2D eigenvalue weighted by Gasteiger charge is -2.10. The maximum atomic E-state index is 12.6. The summed E-state index contributed by atoms with van der Waals surface area (Å²) in [6.45, 7) is 6.22. The van der Waals surface area contributed by atoms with Crippen molar-refractivity contribution >= 4 is 11.8 Å². The molecule has 0 aliphatic carbocycles. The van der Waals surface area contributed by atoms with Crippen LogP contribution in [0, 0.1) is 0 Å². The summed E-state index contributed by atoms with van der Waals surface area (Å²) in [5.74, 6) is 0.609. The third kappa shape index (κ3) is 4.07. The van der Waals surface area contributed by atoms with E-state index in [0.717, 1.165) is 29.0 Å². The van der Waals surface area contributed by atoms with Crippen LogP contribution in [0.5, 0.6) is 0 Å². The summed E-state index contributed by atoms with van der Waals surface area (Å²) in [4.78, 5) is 3.97. The summed E-state index contributed by atoms with van der Waals surface area (Å²) in [5, 5.41) is 15.9. The van der Waals surface area contributed by atoms with Crippen molar-refractivity contribution < 1.29 is 13.2 Å². The van der Waals surface area contributed by atoms with Crippen LogP contribution < -0.4 is 0 Å². The highest BCUT2D eigenvalue weighted by molar-refractivity contribution is 7.99. The standard InChI is InChI=1S/C16H13F3N6S/c1-10(2)9-25-14(11-5-7-20-8-6-11)23-24-15(25)26-13-4-3-12(21-22-13)16(17,18)19/h3-8H,1,9H2,2H3. The molecule has 0 unspecified atom stereocenters. The minimum Gasteiger partial charge on any atom is -0.298 e. The molecule has 10 heteroatoms. The molecule has 0 bridgehead atoms. The van der Waals surface area contributed by atoms with E-state index in [1.54, 1.807) is 24.5 Å². The Balaban J connectivity index is 1.92.